The van der Waals surface area contributed by atoms with Crippen molar-refractivity contribution in [3.8, 4) is 0 Å². The van der Waals surface area contributed by atoms with Gasteiger partial charge in [0.05, 0.1) is 5.69 Å². The first-order valence-electron chi connectivity index (χ1n) is 8.26. The molecule has 1 saturated heterocycles. The number of hydrogen-bond acceptors (Lipinski definition) is 2. The van der Waals surface area contributed by atoms with Crippen LogP contribution in [0.5, 0.6) is 0 Å². The zero-order chi connectivity index (χ0) is 16.0. The molecule has 0 bridgehead atoms. The van der Waals surface area contributed by atoms with Crippen molar-refractivity contribution in [2.45, 2.75) is 25.8 Å². The van der Waals surface area contributed by atoms with Crippen LogP contribution in [-0.2, 0) is 9.59 Å². The van der Waals surface area contributed by atoms with Crippen molar-refractivity contribution in [3.05, 3.63) is 42.5 Å². The third kappa shape index (κ3) is 2.38. The minimum Gasteiger partial charge on any atom is -0.329 e. The van der Waals surface area contributed by atoms with Crippen LogP contribution in [0.3, 0.4) is 0 Å². The van der Waals surface area contributed by atoms with Crippen LogP contribution in [0.15, 0.2) is 42.5 Å². The molecule has 0 N–H and O–H groups in total. The lowest BCUT2D eigenvalue weighted by Gasteiger charge is -2.39. The predicted octanol–water partition coefficient (Wildman–Crippen LogP) is 2.81. The van der Waals surface area contributed by atoms with Crippen LogP contribution in [-0.4, -0.2) is 35.8 Å². The number of benzene rings is 2. The van der Waals surface area contributed by atoms with Gasteiger partial charge >= 0.3 is 0 Å². The van der Waals surface area contributed by atoms with E-state index in [1.165, 1.54) is 0 Å². The summed E-state index contributed by atoms with van der Waals surface area (Å²) in [5.74, 6) is 0.333. The van der Waals surface area contributed by atoms with Crippen LogP contribution in [0.4, 0.5) is 5.69 Å². The van der Waals surface area contributed by atoms with E-state index >= 15 is 0 Å². The van der Waals surface area contributed by atoms with E-state index in [1.54, 1.807) is 4.90 Å². The Labute approximate surface area is 135 Å². The Morgan fingerprint density at radius 2 is 1.78 bits per heavy atom. The van der Waals surface area contributed by atoms with E-state index in [1.807, 2.05) is 42.2 Å². The normalized spacial score (nSPS) is 21.8. The molecule has 0 spiro atoms. The topological polar surface area (TPSA) is 40.6 Å². The Bertz CT molecular complexity index is 777. The maximum atomic E-state index is 12.9. The fourth-order valence-electron chi connectivity index (χ4n) is 3.42. The molecule has 4 nitrogen and oxygen atoms in total. The number of piperazine rings is 1. The standard InChI is InChI=1S/C19H20N2O2/c1-13-18(22)21(12-11-20(13)19(23)15-9-10-15)17-8-4-6-14-5-2-3-7-16(14)17/h2-8,13,15H,9-12H2,1H3. The van der Waals surface area contributed by atoms with Gasteiger partial charge in [0, 0.05) is 24.4 Å². The van der Waals surface area contributed by atoms with Crippen molar-refractivity contribution in [2.24, 2.45) is 5.92 Å². The molecule has 118 valence electrons. The average molecular weight is 308 g/mol. The largest absolute Gasteiger partial charge is 0.329 e. The van der Waals surface area contributed by atoms with Crippen molar-refractivity contribution in [1.82, 2.24) is 4.90 Å². The maximum Gasteiger partial charge on any atom is 0.249 e. The summed E-state index contributed by atoms with van der Waals surface area (Å²) in [7, 11) is 0. The zero-order valence-electron chi connectivity index (χ0n) is 13.2. The average Bonchev–Trinajstić information content (AvgIpc) is 3.41. The van der Waals surface area contributed by atoms with Gasteiger partial charge in [-0.3, -0.25) is 9.59 Å². The molecule has 0 aromatic heterocycles. The lowest BCUT2D eigenvalue weighted by atomic mass is 10.1. The maximum absolute atomic E-state index is 12.9. The third-order valence-electron chi connectivity index (χ3n) is 4.92. The van der Waals surface area contributed by atoms with E-state index in [0.29, 0.717) is 13.1 Å². The number of fused-ring (bicyclic) bond motifs is 1. The van der Waals surface area contributed by atoms with Crippen LogP contribution in [0.25, 0.3) is 10.8 Å². The van der Waals surface area contributed by atoms with Crippen LogP contribution in [0.1, 0.15) is 19.8 Å². The number of hydrogen-bond donors (Lipinski definition) is 0. The van der Waals surface area contributed by atoms with E-state index < -0.39 is 0 Å². The molecule has 1 atom stereocenters. The SMILES string of the molecule is CC1C(=O)N(c2cccc3ccccc23)CCN1C(=O)C1CC1. The molecule has 2 amide bonds. The van der Waals surface area contributed by atoms with Gasteiger partial charge in [-0.15, -0.1) is 0 Å². The van der Waals surface area contributed by atoms with Gasteiger partial charge in [0.2, 0.25) is 11.8 Å². The summed E-state index contributed by atoms with van der Waals surface area (Å²) in [6.45, 7) is 3.03. The van der Waals surface area contributed by atoms with E-state index in [0.717, 1.165) is 29.3 Å². The molecule has 1 aliphatic carbocycles. The molecule has 23 heavy (non-hydrogen) atoms. The Hall–Kier alpha value is -2.36. The molecule has 0 radical (unpaired) electrons. The first-order valence-corrected chi connectivity index (χ1v) is 8.26. The van der Waals surface area contributed by atoms with Gasteiger partial charge in [0.15, 0.2) is 0 Å². The van der Waals surface area contributed by atoms with Crippen molar-refractivity contribution >= 4 is 28.3 Å². The monoisotopic (exact) mass is 308 g/mol. The molecule has 1 aliphatic heterocycles. The number of anilines is 1. The molecule has 1 heterocycles. The van der Waals surface area contributed by atoms with Crippen molar-refractivity contribution in [1.29, 1.82) is 0 Å². The van der Waals surface area contributed by atoms with Crippen molar-refractivity contribution < 1.29 is 9.59 Å². The Morgan fingerprint density at radius 3 is 2.57 bits per heavy atom. The number of amides is 2. The minimum atomic E-state index is -0.379. The van der Waals surface area contributed by atoms with Crippen molar-refractivity contribution in [2.75, 3.05) is 18.0 Å². The minimum absolute atomic E-state index is 0.0154. The van der Waals surface area contributed by atoms with Gasteiger partial charge in [0.25, 0.3) is 0 Å². The van der Waals surface area contributed by atoms with Gasteiger partial charge in [0.1, 0.15) is 6.04 Å². The second-order valence-corrected chi connectivity index (χ2v) is 6.47. The molecule has 4 heteroatoms. The highest BCUT2D eigenvalue weighted by Gasteiger charge is 2.41. The molecule has 2 aliphatic rings. The van der Waals surface area contributed by atoms with Crippen molar-refractivity contribution in [3.63, 3.8) is 0 Å². The Balaban J connectivity index is 1.65. The number of rotatable bonds is 2. The summed E-state index contributed by atoms with van der Waals surface area (Å²) in [5.41, 5.74) is 0.943. The first kappa shape index (κ1) is 14.2. The molecular weight excluding hydrogens is 288 g/mol. The fourth-order valence-corrected chi connectivity index (χ4v) is 3.42. The van der Waals surface area contributed by atoms with Gasteiger partial charge in [-0.05, 0) is 31.2 Å². The summed E-state index contributed by atoms with van der Waals surface area (Å²) in [5, 5.41) is 2.21. The lowest BCUT2D eigenvalue weighted by molar-refractivity contribution is -0.141. The van der Waals surface area contributed by atoms with E-state index in [-0.39, 0.29) is 23.8 Å². The summed E-state index contributed by atoms with van der Waals surface area (Å²) < 4.78 is 0. The lowest BCUT2D eigenvalue weighted by Crippen LogP contribution is -2.58. The molecule has 4 rings (SSSR count). The second kappa shape index (κ2) is 5.37. The van der Waals surface area contributed by atoms with E-state index in [4.69, 9.17) is 0 Å². The summed E-state index contributed by atoms with van der Waals surface area (Å²) >= 11 is 0. The second-order valence-electron chi connectivity index (χ2n) is 6.47. The van der Waals surface area contributed by atoms with Gasteiger partial charge in [-0.2, -0.15) is 0 Å². The summed E-state index contributed by atoms with van der Waals surface area (Å²) in [6.07, 6.45) is 1.95. The van der Waals surface area contributed by atoms with Crippen LogP contribution < -0.4 is 4.90 Å². The van der Waals surface area contributed by atoms with Crippen LogP contribution in [0.2, 0.25) is 0 Å². The Kier molecular flexibility index (Phi) is 3.33. The number of nitrogens with zero attached hydrogens (tertiary/aromatic N) is 2. The molecule has 1 unspecified atom stereocenters. The summed E-state index contributed by atoms with van der Waals surface area (Å²) in [6, 6.07) is 13.7. The van der Waals surface area contributed by atoms with Gasteiger partial charge in [-0.1, -0.05) is 36.4 Å². The van der Waals surface area contributed by atoms with Crippen LogP contribution >= 0.6 is 0 Å². The molecule has 2 fully saturated rings. The predicted molar refractivity (Wildman–Crippen MR) is 90.2 cm³/mol. The highest BCUT2D eigenvalue weighted by atomic mass is 16.2. The van der Waals surface area contributed by atoms with Gasteiger partial charge < -0.3 is 9.80 Å². The molecule has 2 aromatic rings. The quantitative estimate of drug-likeness (QED) is 0.856. The van der Waals surface area contributed by atoms with Gasteiger partial charge in [-0.25, -0.2) is 0 Å². The third-order valence-corrected chi connectivity index (χ3v) is 4.92. The summed E-state index contributed by atoms with van der Waals surface area (Å²) in [4.78, 5) is 28.8. The van der Waals surface area contributed by atoms with E-state index in [9.17, 15) is 9.59 Å². The highest BCUT2D eigenvalue weighted by molar-refractivity contribution is 6.07. The highest BCUT2D eigenvalue weighted by Crippen LogP contribution is 2.34. The van der Waals surface area contributed by atoms with Crippen LogP contribution in [0, 0.1) is 5.92 Å². The fraction of sp³-hybridized carbons (Fsp3) is 0.368. The number of carbonyl (C=O) groups is 2. The number of carbonyl (C=O) groups excluding carboxylic acids is 2. The Morgan fingerprint density at radius 1 is 1.04 bits per heavy atom. The molecular formula is C19H20N2O2. The molecule has 1 saturated carbocycles. The zero-order valence-corrected chi connectivity index (χ0v) is 13.2. The first-order chi connectivity index (χ1) is 11.2. The molecule has 2 aromatic carbocycles. The smallest absolute Gasteiger partial charge is 0.249 e. The van der Waals surface area contributed by atoms with E-state index in [2.05, 4.69) is 12.1 Å².